The maximum atomic E-state index is 15.5. The number of nitrogens with zero attached hydrogens (tertiary/aromatic N) is 8. The first-order valence-electron chi connectivity index (χ1n) is 9.67. The highest BCUT2D eigenvalue weighted by atomic mass is 19.1. The largest absolute Gasteiger partial charge is 0.381 e. The van der Waals surface area contributed by atoms with Crippen molar-refractivity contribution >= 4 is 11.0 Å². The van der Waals surface area contributed by atoms with Crippen LogP contribution in [0, 0.1) is 5.82 Å². The van der Waals surface area contributed by atoms with Gasteiger partial charge in [-0.2, -0.15) is 10.2 Å². The van der Waals surface area contributed by atoms with Gasteiger partial charge in [0.25, 0.3) is 0 Å². The molecule has 3 heterocycles. The van der Waals surface area contributed by atoms with Crippen LogP contribution in [0.5, 0.6) is 0 Å². The van der Waals surface area contributed by atoms with E-state index in [1.807, 2.05) is 24.3 Å². The summed E-state index contributed by atoms with van der Waals surface area (Å²) in [5, 5.41) is 19.9. The van der Waals surface area contributed by atoms with Gasteiger partial charge in [0.2, 0.25) is 0 Å². The molecule has 0 aliphatic carbocycles. The molecule has 2 atom stereocenters. The fourth-order valence-electron chi connectivity index (χ4n) is 3.81. The van der Waals surface area contributed by atoms with Crippen LogP contribution in [0.3, 0.4) is 0 Å². The Labute approximate surface area is 176 Å². The fraction of sp³-hybridized carbons (Fsp3) is 0.190. The number of fused-ring (bicyclic) bond motifs is 1. The molecule has 0 saturated heterocycles. The summed E-state index contributed by atoms with van der Waals surface area (Å²) in [5.41, 5.74) is 0.740. The van der Waals surface area contributed by atoms with Gasteiger partial charge < -0.3 is 5.11 Å². The molecule has 10 heteroatoms. The van der Waals surface area contributed by atoms with Gasteiger partial charge >= 0.3 is 0 Å². The molecule has 0 fully saturated rings. The van der Waals surface area contributed by atoms with Crippen LogP contribution >= 0.6 is 0 Å². The molecule has 0 unspecified atom stereocenters. The van der Waals surface area contributed by atoms with Gasteiger partial charge in [0, 0.05) is 5.56 Å². The van der Waals surface area contributed by atoms with Crippen LogP contribution in [0.15, 0.2) is 74.1 Å². The van der Waals surface area contributed by atoms with Crippen molar-refractivity contribution in [2.24, 2.45) is 0 Å². The summed E-state index contributed by atoms with van der Waals surface area (Å²) in [6.07, 6.45) is 7.35. The minimum atomic E-state index is -1.67. The molecule has 31 heavy (non-hydrogen) atoms. The van der Waals surface area contributed by atoms with Gasteiger partial charge in [-0.25, -0.2) is 28.7 Å². The average Bonchev–Trinajstić information content (AvgIpc) is 3.54. The summed E-state index contributed by atoms with van der Waals surface area (Å²) in [5.74, 6) is -0.551. The molecule has 5 aromatic rings. The third kappa shape index (κ3) is 3.26. The number of rotatable bonds is 6. The predicted molar refractivity (Wildman–Crippen MR) is 110 cm³/mol. The molecule has 156 valence electrons. The second kappa shape index (κ2) is 7.40. The summed E-state index contributed by atoms with van der Waals surface area (Å²) in [4.78, 5) is 12.2. The lowest BCUT2D eigenvalue weighted by Gasteiger charge is -2.34. The number of benzene rings is 2. The lowest BCUT2D eigenvalue weighted by atomic mass is 9.86. The summed E-state index contributed by atoms with van der Waals surface area (Å²) in [7, 11) is 0. The molecule has 0 spiro atoms. The molecular weight excluding hydrogens is 399 g/mol. The van der Waals surface area contributed by atoms with Crippen molar-refractivity contribution in [3.63, 3.8) is 0 Å². The molecule has 2 aromatic carbocycles. The second-order valence-corrected chi connectivity index (χ2v) is 7.34. The molecule has 0 amide bonds. The molecule has 5 rings (SSSR count). The minimum Gasteiger partial charge on any atom is -0.381 e. The van der Waals surface area contributed by atoms with Crippen LogP contribution in [-0.4, -0.2) is 44.2 Å². The van der Waals surface area contributed by atoms with Crippen molar-refractivity contribution < 1.29 is 9.50 Å². The minimum absolute atomic E-state index is 0.0156. The Kier molecular flexibility index (Phi) is 4.55. The van der Waals surface area contributed by atoms with Gasteiger partial charge in [-0.15, -0.1) is 0 Å². The number of halogens is 1. The monoisotopic (exact) mass is 418 g/mol. The van der Waals surface area contributed by atoms with E-state index >= 15 is 4.39 Å². The fourth-order valence-corrected chi connectivity index (χ4v) is 3.81. The van der Waals surface area contributed by atoms with Crippen molar-refractivity contribution in [3.8, 4) is 5.69 Å². The van der Waals surface area contributed by atoms with Gasteiger partial charge in [0.1, 0.15) is 43.1 Å². The van der Waals surface area contributed by atoms with Crippen LogP contribution in [0.1, 0.15) is 18.5 Å². The van der Waals surface area contributed by atoms with Crippen LogP contribution in [0.2, 0.25) is 0 Å². The van der Waals surface area contributed by atoms with E-state index in [0.717, 1.165) is 11.0 Å². The third-order valence-corrected chi connectivity index (χ3v) is 5.54. The van der Waals surface area contributed by atoms with Gasteiger partial charge in [-0.3, -0.25) is 4.57 Å². The van der Waals surface area contributed by atoms with Crippen molar-refractivity contribution in [3.05, 3.63) is 85.5 Å². The Bertz CT molecular complexity index is 1310. The molecule has 0 radical (unpaired) electrons. The van der Waals surface area contributed by atoms with E-state index in [-0.39, 0.29) is 12.1 Å². The molecule has 0 saturated carbocycles. The highest BCUT2D eigenvalue weighted by molar-refractivity contribution is 5.77. The standard InChI is InChI=1S/C21H19FN8O/c1-15(30-13-24-11-27-30)21(31,9-28-12-23-10-26-28)17-7-6-16(8-18(17)22)29-14-25-19-4-2-3-5-20(19)29/h2-8,10-15,31H,9H2,1H3/t15-,21-/m1/s1. The van der Waals surface area contributed by atoms with Crippen LogP contribution in [-0.2, 0) is 12.1 Å². The smallest absolute Gasteiger partial charge is 0.137 e. The molecule has 0 bridgehead atoms. The Morgan fingerprint density at radius 3 is 2.58 bits per heavy atom. The maximum Gasteiger partial charge on any atom is 0.137 e. The zero-order chi connectivity index (χ0) is 21.4. The average molecular weight is 418 g/mol. The van der Waals surface area contributed by atoms with E-state index in [1.54, 1.807) is 30.0 Å². The van der Waals surface area contributed by atoms with Crippen LogP contribution in [0.4, 0.5) is 4.39 Å². The summed E-state index contributed by atoms with van der Waals surface area (Å²) in [6.45, 7) is 1.74. The SMILES string of the molecule is C[C@@H](n1cncn1)[C@](O)(Cn1cncn1)c1ccc(-n2cnc3ccccc32)cc1F. The van der Waals surface area contributed by atoms with E-state index in [4.69, 9.17) is 0 Å². The predicted octanol–water partition coefficient (Wildman–Crippen LogP) is 2.50. The van der Waals surface area contributed by atoms with Crippen molar-refractivity contribution in [2.45, 2.75) is 25.1 Å². The maximum absolute atomic E-state index is 15.5. The van der Waals surface area contributed by atoms with Gasteiger partial charge in [-0.1, -0.05) is 18.2 Å². The summed E-state index contributed by atoms with van der Waals surface area (Å²) < 4.78 is 20.2. The Hall–Kier alpha value is -3.92. The van der Waals surface area contributed by atoms with Crippen LogP contribution < -0.4 is 0 Å². The highest BCUT2D eigenvalue weighted by Gasteiger charge is 2.40. The lowest BCUT2D eigenvalue weighted by molar-refractivity contribution is -0.0369. The topological polar surface area (TPSA) is 99.5 Å². The quantitative estimate of drug-likeness (QED) is 0.455. The zero-order valence-electron chi connectivity index (χ0n) is 16.6. The first-order chi connectivity index (χ1) is 15.1. The second-order valence-electron chi connectivity index (χ2n) is 7.34. The Morgan fingerprint density at radius 2 is 1.84 bits per heavy atom. The number of hydrogen-bond acceptors (Lipinski definition) is 6. The number of hydrogen-bond donors (Lipinski definition) is 1. The van der Waals surface area contributed by atoms with Crippen LogP contribution in [0.25, 0.3) is 16.7 Å². The first kappa shape index (κ1) is 19.1. The summed E-state index contributed by atoms with van der Waals surface area (Å²) >= 11 is 0. The molecule has 3 aromatic heterocycles. The Balaban J connectivity index is 1.59. The van der Waals surface area contributed by atoms with Gasteiger partial charge in [0.05, 0.1) is 29.3 Å². The molecular formula is C21H19FN8O. The van der Waals surface area contributed by atoms with E-state index < -0.39 is 17.5 Å². The molecule has 0 aliphatic rings. The third-order valence-electron chi connectivity index (χ3n) is 5.54. The van der Waals surface area contributed by atoms with E-state index in [9.17, 15) is 5.11 Å². The van der Waals surface area contributed by atoms with Crippen molar-refractivity contribution in [2.75, 3.05) is 0 Å². The number of para-hydroxylation sites is 2. The normalized spacial score (nSPS) is 14.5. The number of imidazole rings is 1. The first-order valence-corrected chi connectivity index (χ1v) is 9.67. The van der Waals surface area contributed by atoms with Gasteiger partial charge in [-0.05, 0) is 31.2 Å². The number of aliphatic hydroxyl groups is 1. The van der Waals surface area contributed by atoms with Crippen molar-refractivity contribution in [1.29, 1.82) is 0 Å². The molecule has 9 nitrogen and oxygen atoms in total. The van der Waals surface area contributed by atoms with E-state index in [1.165, 1.54) is 40.7 Å². The lowest BCUT2D eigenvalue weighted by Crippen LogP contribution is -2.40. The van der Waals surface area contributed by atoms with Crippen molar-refractivity contribution in [1.82, 2.24) is 39.1 Å². The summed E-state index contributed by atoms with van der Waals surface area (Å²) in [6, 6.07) is 11.7. The molecule has 0 aliphatic heterocycles. The Morgan fingerprint density at radius 1 is 1.03 bits per heavy atom. The van der Waals surface area contributed by atoms with Gasteiger partial charge in [0.15, 0.2) is 0 Å². The number of aromatic nitrogens is 8. The van der Waals surface area contributed by atoms with E-state index in [0.29, 0.717) is 5.69 Å². The zero-order valence-corrected chi connectivity index (χ0v) is 16.6. The van der Waals surface area contributed by atoms with E-state index in [2.05, 4.69) is 25.1 Å². The molecule has 1 N–H and O–H groups in total. The highest BCUT2D eigenvalue weighted by Crippen LogP contribution is 2.36.